The van der Waals surface area contributed by atoms with Crippen molar-refractivity contribution in [3.05, 3.63) is 58.7 Å². The molecule has 4 heteroatoms. The van der Waals surface area contributed by atoms with E-state index in [-0.39, 0.29) is 18.1 Å². The Morgan fingerprint density at radius 3 is 3.14 bits per heavy atom. The van der Waals surface area contributed by atoms with Crippen LogP contribution in [0.2, 0.25) is 0 Å². The predicted molar refractivity (Wildman–Crippen MR) is 80.2 cm³/mol. The molecule has 3 atom stereocenters. The molecule has 1 saturated heterocycles. The normalized spacial score (nSPS) is 34.6. The molecule has 4 aliphatic rings. The van der Waals surface area contributed by atoms with Crippen molar-refractivity contribution in [3.8, 4) is 0 Å². The molecule has 4 nitrogen and oxygen atoms in total. The third-order valence-electron chi connectivity index (χ3n) is 5.48. The van der Waals surface area contributed by atoms with Crippen LogP contribution in [0.1, 0.15) is 17.2 Å². The summed E-state index contributed by atoms with van der Waals surface area (Å²) >= 11 is 0. The van der Waals surface area contributed by atoms with Crippen molar-refractivity contribution in [2.24, 2.45) is 0 Å². The molecule has 1 unspecified atom stereocenters. The number of nitrogens with zero attached hydrogens (tertiary/aromatic N) is 1. The molecule has 4 aliphatic heterocycles. The lowest BCUT2D eigenvalue weighted by Crippen LogP contribution is -2.40. The lowest BCUT2D eigenvalue weighted by Gasteiger charge is -2.37. The minimum absolute atomic E-state index is 0.177. The van der Waals surface area contributed by atoms with Crippen molar-refractivity contribution in [2.45, 2.75) is 24.2 Å². The molecule has 112 valence electrons. The van der Waals surface area contributed by atoms with Gasteiger partial charge < -0.3 is 9.47 Å². The first-order valence-electron chi connectivity index (χ1n) is 7.75. The van der Waals surface area contributed by atoms with E-state index in [9.17, 15) is 4.79 Å². The Labute approximate surface area is 129 Å². The van der Waals surface area contributed by atoms with Gasteiger partial charge in [0.05, 0.1) is 18.7 Å². The van der Waals surface area contributed by atoms with E-state index in [0.29, 0.717) is 0 Å². The SMILES string of the molecule is COC(=O)C1=C2CN3CCc4ccccc4C3[C@]23C=C[C@H]1O3. The molecule has 5 rings (SSSR count). The van der Waals surface area contributed by atoms with Gasteiger partial charge in [-0.3, -0.25) is 4.90 Å². The van der Waals surface area contributed by atoms with Crippen molar-refractivity contribution >= 4 is 5.97 Å². The van der Waals surface area contributed by atoms with Gasteiger partial charge in [-0.25, -0.2) is 4.79 Å². The number of methoxy groups -OCH3 is 1. The maximum atomic E-state index is 12.2. The number of hydrogen-bond acceptors (Lipinski definition) is 4. The molecule has 0 aliphatic carbocycles. The van der Waals surface area contributed by atoms with E-state index in [1.54, 1.807) is 0 Å². The van der Waals surface area contributed by atoms with Gasteiger partial charge in [0.2, 0.25) is 0 Å². The van der Waals surface area contributed by atoms with E-state index in [4.69, 9.17) is 9.47 Å². The standard InChI is InChI=1S/C18H17NO3/c1-21-17(20)15-13-10-19-9-7-11-4-2-3-5-12(11)16(19)18(13)8-6-14(15)22-18/h2-6,8,14,16H,7,9-10H2,1H3/t14-,16?,18+/m1/s1. The molecular formula is C18H17NO3. The highest BCUT2D eigenvalue weighted by Crippen LogP contribution is 2.58. The summed E-state index contributed by atoms with van der Waals surface area (Å²) in [6.45, 7) is 1.80. The number of benzene rings is 1. The van der Waals surface area contributed by atoms with E-state index in [1.807, 2.05) is 6.08 Å². The summed E-state index contributed by atoms with van der Waals surface area (Å²) in [6.07, 6.45) is 4.98. The lowest BCUT2D eigenvalue weighted by molar-refractivity contribution is -0.137. The minimum atomic E-state index is -0.468. The van der Waals surface area contributed by atoms with Gasteiger partial charge in [-0.2, -0.15) is 0 Å². The van der Waals surface area contributed by atoms with Crippen LogP contribution in [0.4, 0.5) is 0 Å². The molecule has 1 aromatic rings. The average Bonchev–Trinajstić information content (AvgIpc) is 3.20. The fourth-order valence-corrected chi connectivity index (χ4v) is 4.60. The molecule has 22 heavy (non-hydrogen) atoms. The van der Waals surface area contributed by atoms with Crippen LogP contribution in [-0.4, -0.2) is 42.8 Å². The van der Waals surface area contributed by atoms with Gasteiger partial charge in [0.1, 0.15) is 11.7 Å². The van der Waals surface area contributed by atoms with E-state index in [0.717, 1.165) is 30.7 Å². The summed E-state index contributed by atoms with van der Waals surface area (Å²) in [6, 6.07) is 8.77. The van der Waals surface area contributed by atoms with Crippen molar-refractivity contribution in [3.63, 3.8) is 0 Å². The zero-order valence-electron chi connectivity index (χ0n) is 12.4. The highest BCUT2D eigenvalue weighted by molar-refractivity contribution is 5.93. The van der Waals surface area contributed by atoms with Crippen LogP contribution in [-0.2, 0) is 20.7 Å². The van der Waals surface area contributed by atoms with Crippen LogP contribution in [0.25, 0.3) is 0 Å². The fraction of sp³-hybridized carbons (Fsp3) is 0.389. The zero-order valence-corrected chi connectivity index (χ0v) is 12.4. The van der Waals surface area contributed by atoms with Gasteiger partial charge in [0.15, 0.2) is 0 Å². The van der Waals surface area contributed by atoms with Crippen molar-refractivity contribution in [1.82, 2.24) is 4.90 Å². The Morgan fingerprint density at radius 2 is 2.27 bits per heavy atom. The molecule has 1 fully saturated rings. The Hall–Kier alpha value is -1.91. The molecule has 0 amide bonds. The molecule has 0 N–H and O–H groups in total. The highest BCUT2D eigenvalue weighted by atomic mass is 16.5. The second kappa shape index (κ2) is 4.09. The first-order valence-corrected chi connectivity index (χ1v) is 7.75. The third-order valence-corrected chi connectivity index (χ3v) is 5.48. The average molecular weight is 295 g/mol. The number of hydrogen-bond donors (Lipinski definition) is 0. The van der Waals surface area contributed by atoms with Gasteiger partial charge in [0.25, 0.3) is 0 Å². The van der Waals surface area contributed by atoms with Crippen LogP contribution in [0.5, 0.6) is 0 Å². The summed E-state index contributed by atoms with van der Waals surface area (Å²) in [5.74, 6) is -0.251. The Balaban J connectivity index is 1.70. The van der Waals surface area contributed by atoms with Gasteiger partial charge in [0, 0.05) is 13.1 Å². The molecule has 0 saturated carbocycles. The fourth-order valence-electron chi connectivity index (χ4n) is 4.60. The Kier molecular flexibility index (Phi) is 2.34. The summed E-state index contributed by atoms with van der Waals surface area (Å²) in [4.78, 5) is 14.6. The van der Waals surface area contributed by atoms with Crippen LogP contribution in [0, 0.1) is 0 Å². The zero-order chi connectivity index (χ0) is 14.9. The summed E-state index contributed by atoms with van der Waals surface area (Å²) in [7, 11) is 1.44. The summed E-state index contributed by atoms with van der Waals surface area (Å²) < 4.78 is 11.3. The smallest absolute Gasteiger partial charge is 0.336 e. The highest BCUT2D eigenvalue weighted by Gasteiger charge is 2.62. The van der Waals surface area contributed by atoms with Crippen molar-refractivity contribution < 1.29 is 14.3 Å². The number of carbonyl (C=O) groups is 1. The second-order valence-electron chi connectivity index (χ2n) is 6.40. The maximum Gasteiger partial charge on any atom is 0.336 e. The number of rotatable bonds is 1. The Morgan fingerprint density at radius 1 is 1.41 bits per heavy atom. The first-order chi connectivity index (χ1) is 10.7. The lowest BCUT2D eigenvalue weighted by atomic mass is 9.80. The van der Waals surface area contributed by atoms with Gasteiger partial charge >= 0.3 is 5.97 Å². The summed E-state index contributed by atoms with van der Waals surface area (Å²) in [5.41, 5.74) is 4.09. The van der Waals surface area contributed by atoms with Crippen molar-refractivity contribution in [2.75, 3.05) is 20.2 Å². The molecular weight excluding hydrogens is 278 g/mol. The van der Waals surface area contributed by atoms with E-state index in [1.165, 1.54) is 18.2 Å². The number of ether oxygens (including phenoxy) is 2. The first kappa shape index (κ1) is 12.6. The van der Waals surface area contributed by atoms with E-state index >= 15 is 0 Å². The quantitative estimate of drug-likeness (QED) is 0.585. The molecule has 0 aromatic heterocycles. The molecule has 4 heterocycles. The third kappa shape index (κ3) is 1.33. The monoisotopic (exact) mass is 295 g/mol. The van der Waals surface area contributed by atoms with E-state index < -0.39 is 5.60 Å². The minimum Gasteiger partial charge on any atom is -0.466 e. The van der Waals surface area contributed by atoms with Crippen LogP contribution < -0.4 is 0 Å². The van der Waals surface area contributed by atoms with E-state index in [2.05, 4.69) is 35.2 Å². The molecule has 0 radical (unpaired) electrons. The predicted octanol–water partition coefficient (Wildman–Crippen LogP) is 1.78. The topological polar surface area (TPSA) is 38.8 Å². The number of carbonyl (C=O) groups excluding carboxylic acids is 1. The van der Waals surface area contributed by atoms with Gasteiger partial charge in [-0.15, -0.1) is 0 Å². The number of fused-ring (bicyclic) bond motifs is 4. The molecule has 1 spiro atoms. The van der Waals surface area contributed by atoms with Crippen LogP contribution in [0.3, 0.4) is 0 Å². The molecule has 2 bridgehead atoms. The van der Waals surface area contributed by atoms with Crippen LogP contribution in [0.15, 0.2) is 47.6 Å². The van der Waals surface area contributed by atoms with Crippen LogP contribution >= 0.6 is 0 Å². The number of esters is 1. The molecule has 1 aromatic carbocycles. The maximum absolute atomic E-state index is 12.2. The Bertz CT molecular complexity index is 750. The second-order valence-corrected chi connectivity index (χ2v) is 6.40. The van der Waals surface area contributed by atoms with Gasteiger partial charge in [-0.05, 0) is 29.2 Å². The largest absolute Gasteiger partial charge is 0.466 e. The van der Waals surface area contributed by atoms with Gasteiger partial charge in [-0.1, -0.05) is 30.3 Å². The van der Waals surface area contributed by atoms with Crippen molar-refractivity contribution in [1.29, 1.82) is 0 Å². The summed E-state index contributed by atoms with van der Waals surface area (Å²) in [5, 5.41) is 0.